The average molecular weight is 250 g/mol. The topological polar surface area (TPSA) is 63.8 Å². The fourth-order valence-electron chi connectivity index (χ4n) is 1.85. The van der Waals surface area contributed by atoms with Gasteiger partial charge in [-0.05, 0) is 5.92 Å². The number of hydrogen-bond donors (Lipinski definition) is 2. The summed E-state index contributed by atoms with van der Waals surface area (Å²) >= 11 is 0. The van der Waals surface area contributed by atoms with Crippen LogP contribution in [0.4, 0.5) is 5.69 Å². The molecule has 1 rings (SSSR count). The lowest BCUT2D eigenvalue weighted by molar-refractivity contribution is 0.518. The Morgan fingerprint density at radius 3 is 2.44 bits per heavy atom. The van der Waals surface area contributed by atoms with Crippen molar-refractivity contribution in [3.63, 3.8) is 0 Å². The summed E-state index contributed by atoms with van der Waals surface area (Å²) in [5, 5.41) is 3.43. The largest absolute Gasteiger partial charge is 0.382 e. The van der Waals surface area contributed by atoms with Crippen LogP contribution in [0.3, 0.4) is 0 Å². The predicted molar refractivity (Wildman–Crippen MR) is 76.6 cm³/mol. The zero-order valence-electron chi connectivity index (χ0n) is 12.0. The van der Waals surface area contributed by atoms with Crippen LogP contribution < -0.4 is 11.1 Å². The summed E-state index contributed by atoms with van der Waals surface area (Å²) < 4.78 is 0. The second-order valence-electron chi connectivity index (χ2n) is 5.01. The van der Waals surface area contributed by atoms with E-state index in [1.54, 1.807) is 0 Å². The van der Waals surface area contributed by atoms with Crippen molar-refractivity contribution in [2.45, 2.75) is 53.0 Å². The Kier molecular flexibility index (Phi) is 6.05. The van der Waals surface area contributed by atoms with E-state index < -0.39 is 0 Å². The predicted octanol–water partition coefficient (Wildman–Crippen LogP) is 2.91. The van der Waals surface area contributed by atoms with E-state index in [0.717, 1.165) is 23.8 Å². The van der Waals surface area contributed by atoms with Gasteiger partial charge < -0.3 is 11.1 Å². The minimum Gasteiger partial charge on any atom is -0.382 e. The maximum absolute atomic E-state index is 5.76. The number of nitrogens with zero attached hydrogens (tertiary/aromatic N) is 2. The first kappa shape index (κ1) is 14.9. The van der Waals surface area contributed by atoms with Crippen molar-refractivity contribution in [3.05, 3.63) is 17.7 Å². The molecule has 1 heterocycles. The summed E-state index contributed by atoms with van der Waals surface area (Å²) in [6.07, 6.45) is 4.24. The van der Waals surface area contributed by atoms with Crippen LogP contribution in [0.25, 0.3) is 0 Å². The minimum absolute atomic E-state index is 0.336. The van der Waals surface area contributed by atoms with Gasteiger partial charge in [0.25, 0.3) is 0 Å². The molecule has 0 aliphatic rings. The van der Waals surface area contributed by atoms with Crippen LogP contribution in [-0.2, 0) is 6.54 Å². The van der Waals surface area contributed by atoms with Crippen LogP contribution in [0.2, 0.25) is 0 Å². The second-order valence-corrected chi connectivity index (χ2v) is 5.01. The second kappa shape index (κ2) is 7.31. The summed E-state index contributed by atoms with van der Waals surface area (Å²) in [6, 6.07) is 0. The molecule has 0 fully saturated rings. The van der Waals surface area contributed by atoms with Gasteiger partial charge in [-0.15, -0.1) is 0 Å². The molecule has 0 spiro atoms. The molecule has 0 saturated carbocycles. The zero-order chi connectivity index (χ0) is 13.5. The number of nitrogens with one attached hydrogen (secondary N) is 1. The van der Waals surface area contributed by atoms with E-state index in [2.05, 4.69) is 43.0 Å². The Balaban J connectivity index is 2.76. The molecule has 0 amide bonds. The lowest BCUT2D eigenvalue weighted by Crippen LogP contribution is -2.16. The van der Waals surface area contributed by atoms with Crippen molar-refractivity contribution >= 4 is 5.69 Å². The lowest BCUT2D eigenvalue weighted by Gasteiger charge is -2.16. The normalized spacial score (nSPS) is 11.3. The highest BCUT2D eigenvalue weighted by Gasteiger charge is 2.10. The van der Waals surface area contributed by atoms with Gasteiger partial charge in [-0.25, -0.2) is 9.97 Å². The highest BCUT2D eigenvalue weighted by atomic mass is 15.0. The van der Waals surface area contributed by atoms with Gasteiger partial charge in [-0.2, -0.15) is 0 Å². The first-order valence-corrected chi connectivity index (χ1v) is 6.92. The Hall–Kier alpha value is -1.16. The summed E-state index contributed by atoms with van der Waals surface area (Å²) in [7, 11) is 0. The number of anilines is 1. The van der Waals surface area contributed by atoms with E-state index in [-0.39, 0.29) is 0 Å². The number of rotatable bonds is 7. The van der Waals surface area contributed by atoms with Crippen molar-refractivity contribution in [1.29, 1.82) is 0 Å². The van der Waals surface area contributed by atoms with Crippen LogP contribution in [0.1, 0.15) is 58.0 Å². The molecule has 1 aromatic heterocycles. The van der Waals surface area contributed by atoms with E-state index in [1.165, 1.54) is 12.8 Å². The van der Waals surface area contributed by atoms with Gasteiger partial charge >= 0.3 is 0 Å². The SMILES string of the molecule is CCC(CC)CNc1cnc(C(C)C)nc1CN. The molecule has 3 N–H and O–H groups in total. The van der Waals surface area contributed by atoms with Crippen LogP contribution in [0, 0.1) is 5.92 Å². The molecule has 0 unspecified atom stereocenters. The fraction of sp³-hybridized carbons (Fsp3) is 0.714. The molecule has 0 saturated heterocycles. The number of nitrogens with two attached hydrogens (primary N) is 1. The van der Waals surface area contributed by atoms with Gasteiger partial charge in [0.05, 0.1) is 17.6 Å². The van der Waals surface area contributed by atoms with Gasteiger partial charge in [0.2, 0.25) is 0 Å². The van der Waals surface area contributed by atoms with E-state index in [4.69, 9.17) is 5.73 Å². The van der Waals surface area contributed by atoms with Crippen LogP contribution in [0.5, 0.6) is 0 Å². The Morgan fingerprint density at radius 2 is 1.94 bits per heavy atom. The quantitative estimate of drug-likeness (QED) is 0.781. The van der Waals surface area contributed by atoms with Crippen LogP contribution >= 0.6 is 0 Å². The fourth-order valence-corrected chi connectivity index (χ4v) is 1.85. The summed E-state index contributed by atoms with van der Waals surface area (Å²) in [6.45, 7) is 10.0. The zero-order valence-corrected chi connectivity index (χ0v) is 12.0. The lowest BCUT2D eigenvalue weighted by atomic mass is 10.0. The molecular formula is C14H26N4. The molecular weight excluding hydrogens is 224 g/mol. The van der Waals surface area contributed by atoms with Gasteiger partial charge in [0.15, 0.2) is 0 Å². The molecule has 0 aliphatic carbocycles. The first-order valence-electron chi connectivity index (χ1n) is 6.92. The molecule has 0 atom stereocenters. The summed E-state index contributed by atoms with van der Waals surface area (Å²) in [5.41, 5.74) is 7.66. The molecule has 4 heteroatoms. The molecule has 1 aromatic rings. The number of hydrogen-bond acceptors (Lipinski definition) is 4. The van der Waals surface area contributed by atoms with Crippen LogP contribution in [-0.4, -0.2) is 16.5 Å². The smallest absolute Gasteiger partial charge is 0.131 e. The molecule has 102 valence electrons. The van der Waals surface area contributed by atoms with Gasteiger partial charge in [0, 0.05) is 19.0 Å². The third-order valence-corrected chi connectivity index (χ3v) is 3.33. The maximum Gasteiger partial charge on any atom is 0.131 e. The van der Waals surface area contributed by atoms with Crippen molar-refractivity contribution in [3.8, 4) is 0 Å². The Morgan fingerprint density at radius 1 is 1.28 bits per heavy atom. The standard InChI is InChI=1S/C14H26N4/c1-5-11(6-2)8-16-13-9-17-14(10(3)4)18-12(13)7-15/h9-11,16H,5-8,15H2,1-4H3. The van der Waals surface area contributed by atoms with E-state index in [0.29, 0.717) is 18.4 Å². The monoisotopic (exact) mass is 250 g/mol. The van der Waals surface area contributed by atoms with Crippen molar-refractivity contribution < 1.29 is 0 Å². The molecule has 4 nitrogen and oxygen atoms in total. The van der Waals surface area contributed by atoms with Crippen LogP contribution in [0.15, 0.2) is 6.20 Å². The van der Waals surface area contributed by atoms with Crippen molar-refractivity contribution in [2.24, 2.45) is 11.7 Å². The molecule has 0 aliphatic heterocycles. The highest BCUT2D eigenvalue weighted by molar-refractivity contribution is 5.46. The van der Waals surface area contributed by atoms with Crippen molar-refractivity contribution in [2.75, 3.05) is 11.9 Å². The Bertz CT molecular complexity index is 359. The van der Waals surface area contributed by atoms with E-state index in [9.17, 15) is 0 Å². The van der Waals surface area contributed by atoms with E-state index >= 15 is 0 Å². The summed E-state index contributed by atoms with van der Waals surface area (Å²) in [5.74, 6) is 1.90. The van der Waals surface area contributed by atoms with Gasteiger partial charge in [0.1, 0.15) is 5.82 Å². The van der Waals surface area contributed by atoms with Gasteiger partial charge in [-0.3, -0.25) is 0 Å². The molecule has 0 radical (unpaired) electrons. The summed E-state index contributed by atoms with van der Waals surface area (Å²) in [4.78, 5) is 8.91. The Labute approximate surface area is 110 Å². The average Bonchev–Trinajstić information content (AvgIpc) is 2.39. The van der Waals surface area contributed by atoms with Crippen molar-refractivity contribution in [1.82, 2.24) is 9.97 Å². The number of aromatic nitrogens is 2. The third-order valence-electron chi connectivity index (χ3n) is 3.33. The highest BCUT2D eigenvalue weighted by Crippen LogP contribution is 2.17. The molecule has 0 bridgehead atoms. The van der Waals surface area contributed by atoms with Gasteiger partial charge in [-0.1, -0.05) is 40.5 Å². The van der Waals surface area contributed by atoms with E-state index in [1.807, 2.05) is 6.20 Å². The molecule has 0 aromatic carbocycles. The third kappa shape index (κ3) is 3.95. The minimum atomic E-state index is 0.336. The first-order chi connectivity index (χ1) is 8.62. The molecule has 18 heavy (non-hydrogen) atoms. The maximum atomic E-state index is 5.76.